The zero-order valence-corrected chi connectivity index (χ0v) is 25.3. The van der Waals surface area contributed by atoms with Gasteiger partial charge in [0, 0.05) is 44.5 Å². The van der Waals surface area contributed by atoms with Crippen LogP contribution in [0, 0.1) is 6.92 Å². The van der Waals surface area contributed by atoms with Crippen LogP contribution in [-0.2, 0) is 13.1 Å². The lowest BCUT2D eigenvalue weighted by atomic mass is 10.0. The van der Waals surface area contributed by atoms with Crippen LogP contribution >= 0.6 is 12.4 Å². The second kappa shape index (κ2) is 14.6. The van der Waals surface area contributed by atoms with E-state index < -0.39 is 12.8 Å². The number of rotatable bonds is 10. The quantitative estimate of drug-likeness (QED) is 0.229. The highest BCUT2D eigenvalue weighted by molar-refractivity contribution is 5.85. The van der Waals surface area contributed by atoms with Crippen molar-refractivity contribution in [3.63, 3.8) is 0 Å². The van der Waals surface area contributed by atoms with Gasteiger partial charge in [-0.25, -0.2) is 4.79 Å². The number of aromatic nitrogens is 2. The number of hydrogen-bond acceptors (Lipinski definition) is 5. The molecule has 3 aromatic carbocycles. The number of piperazine rings is 1. The van der Waals surface area contributed by atoms with E-state index in [1.54, 1.807) is 42.0 Å². The Labute approximate surface area is 260 Å². The van der Waals surface area contributed by atoms with Crippen LogP contribution in [0.5, 0.6) is 5.75 Å². The van der Waals surface area contributed by atoms with Crippen molar-refractivity contribution in [3.8, 4) is 16.9 Å². The normalized spacial score (nSPS) is 13.9. The highest BCUT2D eigenvalue weighted by atomic mass is 35.5. The molecule has 7 nitrogen and oxygen atoms in total. The minimum atomic E-state index is -4.40. The molecule has 0 atom stereocenters. The Morgan fingerprint density at radius 2 is 1.50 bits per heavy atom. The van der Waals surface area contributed by atoms with E-state index >= 15 is 0 Å². The van der Waals surface area contributed by atoms with E-state index in [4.69, 9.17) is 4.74 Å². The van der Waals surface area contributed by atoms with E-state index in [0.717, 1.165) is 16.7 Å². The van der Waals surface area contributed by atoms with Crippen molar-refractivity contribution in [3.05, 3.63) is 117 Å². The summed E-state index contributed by atoms with van der Waals surface area (Å²) in [5.74, 6) is 0.218. The average Bonchev–Trinajstić information content (AvgIpc) is 3.01. The monoisotopic (exact) mass is 628 g/mol. The van der Waals surface area contributed by atoms with Gasteiger partial charge in [-0.3, -0.25) is 18.8 Å². The third-order valence-corrected chi connectivity index (χ3v) is 7.62. The maximum absolute atomic E-state index is 13.4. The first kappa shape index (κ1) is 32.9. The van der Waals surface area contributed by atoms with E-state index in [9.17, 15) is 22.8 Å². The van der Waals surface area contributed by atoms with Gasteiger partial charge in [-0.15, -0.1) is 12.4 Å². The van der Waals surface area contributed by atoms with Gasteiger partial charge < -0.3 is 9.64 Å². The summed E-state index contributed by atoms with van der Waals surface area (Å²) in [6, 6.07) is 24.9. The Morgan fingerprint density at radius 1 is 0.818 bits per heavy atom. The Kier molecular flexibility index (Phi) is 10.9. The fourth-order valence-corrected chi connectivity index (χ4v) is 5.45. The van der Waals surface area contributed by atoms with Crippen LogP contribution in [0.2, 0.25) is 0 Å². The van der Waals surface area contributed by atoms with Gasteiger partial charge in [-0.05, 0) is 54.8 Å². The lowest BCUT2D eigenvalue weighted by Gasteiger charge is -2.36. The lowest BCUT2D eigenvalue weighted by molar-refractivity contribution is -0.153. The molecular formula is C33H36ClF3N4O3. The molecule has 0 radical (unpaired) electrons. The summed E-state index contributed by atoms with van der Waals surface area (Å²) in [6.45, 7) is 4.43. The van der Waals surface area contributed by atoms with E-state index in [-0.39, 0.29) is 29.4 Å². The minimum Gasteiger partial charge on any atom is -0.482 e. The summed E-state index contributed by atoms with van der Waals surface area (Å²) in [4.78, 5) is 30.5. The van der Waals surface area contributed by atoms with Crippen molar-refractivity contribution in [2.75, 3.05) is 44.2 Å². The van der Waals surface area contributed by atoms with Crippen LogP contribution in [0.3, 0.4) is 0 Å². The molecule has 1 fully saturated rings. The number of para-hydroxylation sites is 2. The van der Waals surface area contributed by atoms with Crippen LogP contribution in [-0.4, -0.2) is 59.5 Å². The molecule has 0 N–H and O–H groups in total. The number of anilines is 1. The first-order valence-electron chi connectivity index (χ1n) is 14.4. The van der Waals surface area contributed by atoms with Crippen LogP contribution < -0.4 is 20.9 Å². The van der Waals surface area contributed by atoms with E-state index in [1.807, 2.05) is 53.4 Å². The first-order chi connectivity index (χ1) is 20.7. The molecule has 0 aliphatic carbocycles. The summed E-state index contributed by atoms with van der Waals surface area (Å²) in [5.41, 5.74) is 3.68. The predicted molar refractivity (Wildman–Crippen MR) is 169 cm³/mol. The molecule has 44 heavy (non-hydrogen) atoms. The molecule has 0 spiro atoms. The maximum atomic E-state index is 13.4. The van der Waals surface area contributed by atoms with Crippen molar-refractivity contribution < 1.29 is 17.9 Å². The molecular weight excluding hydrogens is 593 g/mol. The van der Waals surface area contributed by atoms with E-state index in [0.29, 0.717) is 63.5 Å². The molecule has 4 aromatic rings. The number of hydrogen-bond donors (Lipinski definition) is 0. The summed E-state index contributed by atoms with van der Waals surface area (Å²) >= 11 is 0. The summed E-state index contributed by atoms with van der Waals surface area (Å²) in [6.07, 6.45) is -2.15. The molecule has 1 aromatic heterocycles. The molecule has 1 aliphatic rings. The molecule has 2 heterocycles. The summed E-state index contributed by atoms with van der Waals surface area (Å²) in [5, 5.41) is 0. The summed E-state index contributed by atoms with van der Waals surface area (Å²) in [7, 11) is 0. The zero-order valence-electron chi connectivity index (χ0n) is 24.5. The molecule has 5 rings (SSSR count). The largest absolute Gasteiger partial charge is 0.482 e. The lowest BCUT2D eigenvalue weighted by Crippen LogP contribution is -2.47. The molecule has 234 valence electrons. The van der Waals surface area contributed by atoms with Gasteiger partial charge in [0.2, 0.25) is 0 Å². The Balaban J connectivity index is 0.00000442. The van der Waals surface area contributed by atoms with Crippen molar-refractivity contribution >= 4 is 18.1 Å². The highest BCUT2D eigenvalue weighted by Gasteiger charge is 2.29. The molecule has 0 saturated carbocycles. The maximum Gasteiger partial charge on any atom is 0.422 e. The standard InChI is InChI=1S/C33H35F3N4O3.ClH/c1-25-22-39(23-26-9-7-12-28(21-26)27-10-3-2-4-11-27)32(42)40(31(25)41)16-8-15-37-17-19-38(20-18-37)29-13-5-6-14-30(29)43-24-33(34,35)36;/h2-7,9-14,21-22H,8,15-20,23-24H2,1H3;1H. The third kappa shape index (κ3) is 8.33. The van der Waals surface area contributed by atoms with Crippen molar-refractivity contribution in [2.45, 2.75) is 32.6 Å². The fraction of sp³-hybridized carbons (Fsp3) is 0.333. The minimum absolute atomic E-state index is 0. The number of ether oxygens (including phenoxy) is 1. The van der Waals surface area contributed by atoms with Crippen molar-refractivity contribution in [1.82, 2.24) is 14.0 Å². The van der Waals surface area contributed by atoms with Crippen LogP contribution in [0.4, 0.5) is 18.9 Å². The average molecular weight is 629 g/mol. The van der Waals surface area contributed by atoms with Gasteiger partial charge in [-0.1, -0.05) is 60.7 Å². The number of nitrogens with zero attached hydrogens (tertiary/aromatic N) is 4. The van der Waals surface area contributed by atoms with Gasteiger partial charge in [0.25, 0.3) is 5.56 Å². The molecule has 0 bridgehead atoms. The number of alkyl halides is 3. The van der Waals surface area contributed by atoms with E-state index in [1.165, 1.54) is 4.57 Å². The molecule has 0 amide bonds. The van der Waals surface area contributed by atoms with Crippen molar-refractivity contribution in [1.29, 1.82) is 0 Å². The molecule has 0 unspecified atom stereocenters. The topological polar surface area (TPSA) is 59.7 Å². The number of halogens is 4. The van der Waals surface area contributed by atoms with Gasteiger partial charge in [0.1, 0.15) is 5.75 Å². The second-order valence-corrected chi connectivity index (χ2v) is 10.8. The van der Waals surface area contributed by atoms with Crippen LogP contribution in [0.1, 0.15) is 17.5 Å². The first-order valence-corrected chi connectivity index (χ1v) is 14.4. The van der Waals surface area contributed by atoms with Gasteiger partial charge in [0.05, 0.1) is 12.2 Å². The number of aryl methyl sites for hydroxylation is 1. The second-order valence-electron chi connectivity index (χ2n) is 10.8. The fourth-order valence-electron chi connectivity index (χ4n) is 5.45. The zero-order chi connectivity index (χ0) is 30.4. The van der Waals surface area contributed by atoms with Crippen LogP contribution in [0.25, 0.3) is 11.1 Å². The van der Waals surface area contributed by atoms with Gasteiger partial charge in [-0.2, -0.15) is 13.2 Å². The predicted octanol–water partition coefficient (Wildman–Crippen LogP) is 5.61. The smallest absolute Gasteiger partial charge is 0.422 e. The van der Waals surface area contributed by atoms with Gasteiger partial charge >= 0.3 is 11.9 Å². The Bertz CT molecular complexity index is 1650. The third-order valence-electron chi connectivity index (χ3n) is 7.62. The molecule has 1 saturated heterocycles. The Morgan fingerprint density at radius 3 is 2.23 bits per heavy atom. The SMILES string of the molecule is Cc1cn(Cc2cccc(-c3ccccc3)c2)c(=O)n(CCCN2CCN(c3ccccc3OCC(F)(F)F)CC2)c1=O.Cl. The van der Waals surface area contributed by atoms with Gasteiger partial charge in [0.15, 0.2) is 6.61 Å². The molecule has 1 aliphatic heterocycles. The number of benzene rings is 3. The molecule has 11 heteroatoms. The van der Waals surface area contributed by atoms with E-state index in [2.05, 4.69) is 11.0 Å². The highest BCUT2D eigenvalue weighted by Crippen LogP contribution is 2.30. The Hall–Kier alpha value is -4.02. The summed E-state index contributed by atoms with van der Waals surface area (Å²) < 4.78 is 46.0. The van der Waals surface area contributed by atoms with Crippen molar-refractivity contribution in [2.24, 2.45) is 0 Å². The van der Waals surface area contributed by atoms with Crippen LogP contribution in [0.15, 0.2) is 94.6 Å².